The third-order valence-electron chi connectivity index (χ3n) is 2.49. The molecule has 3 heteroatoms. The molecule has 0 radical (unpaired) electrons. The zero-order valence-electron chi connectivity index (χ0n) is 10.1. The lowest BCUT2D eigenvalue weighted by Gasteiger charge is -2.13. The Morgan fingerprint density at radius 1 is 1.50 bits per heavy atom. The van der Waals surface area contributed by atoms with Crippen molar-refractivity contribution < 1.29 is 4.74 Å². The largest absolute Gasteiger partial charge is 0.373 e. The zero-order chi connectivity index (χ0) is 12.0. The van der Waals surface area contributed by atoms with Gasteiger partial charge in [0.25, 0.3) is 0 Å². The first kappa shape index (κ1) is 12.7. The first-order valence-corrected chi connectivity index (χ1v) is 5.43. The van der Waals surface area contributed by atoms with Crippen LogP contribution in [0.3, 0.4) is 0 Å². The van der Waals surface area contributed by atoms with Crippen LogP contribution in [0.2, 0.25) is 0 Å². The average Bonchev–Trinajstić information content (AvgIpc) is 2.27. The van der Waals surface area contributed by atoms with Gasteiger partial charge in [-0.05, 0) is 44.2 Å². The number of benzene rings is 1. The van der Waals surface area contributed by atoms with Crippen LogP contribution in [0.5, 0.6) is 0 Å². The van der Waals surface area contributed by atoms with E-state index >= 15 is 0 Å². The van der Waals surface area contributed by atoms with E-state index in [0.717, 1.165) is 17.7 Å². The maximum Gasteiger partial charge on any atom is 0.0991 e. The van der Waals surface area contributed by atoms with Crippen molar-refractivity contribution in [2.75, 3.05) is 13.6 Å². The SMILES string of the molecule is CNCC(C)OCc1ccc(C#N)cc1C. The van der Waals surface area contributed by atoms with E-state index in [1.165, 1.54) is 0 Å². The smallest absolute Gasteiger partial charge is 0.0991 e. The first-order chi connectivity index (χ1) is 7.67. The molecule has 0 saturated carbocycles. The standard InChI is InChI=1S/C13H18N2O/c1-10-6-12(7-14)4-5-13(10)9-16-11(2)8-15-3/h4-6,11,15H,8-9H2,1-3H3. The van der Waals surface area contributed by atoms with Crippen molar-refractivity contribution in [3.05, 3.63) is 34.9 Å². The van der Waals surface area contributed by atoms with Gasteiger partial charge in [-0.2, -0.15) is 5.26 Å². The predicted octanol–water partition coefficient (Wildman–Crippen LogP) is 1.99. The van der Waals surface area contributed by atoms with E-state index in [0.29, 0.717) is 12.2 Å². The molecule has 0 saturated heterocycles. The lowest BCUT2D eigenvalue weighted by Crippen LogP contribution is -2.23. The summed E-state index contributed by atoms with van der Waals surface area (Å²) in [4.78, 5) is 0. The molecule has 0 aliphatic carbocycles. The fourth-order valence-electron chi connectivity index (χ4n) is 1.51. The fourth-order valence-corrected chi connectivity index (χ4v) is 1.51. The molecule has 16 heavy (non-hydrogen) atoms. The molecule has 0 aromatic heterocycles. The molecule has 1 aromatic rings. The second-order valence-electron chi connectivity index (χ2n) is 3.93. The Hall–Kier alpha value is -1.37. The second-order valence-corrected chi connectivity index (χ2v) is 3.93. The highest BCUT2D eigenvalue weighted by Gasteiger charge is 2.04. The van der Waals surface area contributed by atoms with Crippen LogP contribution in [0, 0.1) is 18.3 Å². The Labute approximate surface area is 97.0 Å². The monoisotopic (exact) mass is 218 g/mol. The minimum absolute atomic E-state index is 0.194. The number of rotatable bonds is 5. The summed E-state index contributed by atoms with van der Waals surface area (Å²) in [6.45, 7) is 5.48. The third-order valence-corrected chi connectivity index (χ3v) is 2.49. The van der Waals surface area contributed by atoms with Gasteiger partial charge in [0.1, 0.15) is 0 Å². The summed E-state index contributed by atoms with van der Waals surface area (Å²) in [6.07, 6.45) is 0.194. The van der Waals surface area contributed by atoms with Gasteiger partial charge < -0.3 is 10.1 Å². The summed E-state index contributed by atoms with van der Waals surface area (Å²) in [5, 5.41) is 11.8. The topological polar surface area (TPSA) is 45.0 Å². The number of nitriles is 1. The van der Waals surface area contributed by atoms with Crippen LogP contribution in [-0.2, 0) is 11.3 Å². The number of likely N-dealkylation sites (N-methyl/N-ethyl adjacent to an activating group) is 1. The van der Waals surface area contributed by atoms with Gasteiger partial charge in [0, 0.05) is 6.54 Å². The van der Waals surface area contributed by atoms with Crippen LogP contribution in [-0.4, -0.2) is 19.7 Å². The first-order valence-electron chi connectivity index (χ1n) is 5.43. The molecule has 1 unspecified atom stereocenters. The third kappa shape index (κ3) is 3.65. The van der Waals surface area contributed by atoms with Crippen LogP contribution in [0.15, 0.2) is 18.2 Å². The maximum absolute atomic E-state index is 8.75. The highest BCUT2D eigenvalue weighted by atomic mass is 16.5. The second kappa shape index (κ2) is 6.26. The van der Waals surface area contributed by atoms with Crippen LogP contribution in [0.4, 0.5) is 0 Å². The summed E-state index contributed by atoms with van der Waals surface area (Å²) in [6, 6.07) is 7.81. The lowest BCUT2D eigenvalue weighted by molar-refractivity contribution is 0.0542. The summed E-state index contributed by atoms with van der Waals surface area (Å²) in [5.74, 6) is 0. The van der Waals surface area contributed by atoms with Gasteiger partial charge in [-0.1, -0.05) is 6.07 Å². The summed E-state index contributed by atoms with van der Waals surface area (Å²) in [7, 11) is 1.91. The molecule has 3 nitrogen and oxygen atoms in total. The van der Waals surface area contributed by atoms with E-state index in [2.05, 4.69) is 11.4 Å². The summed E-state index contributed by atoms with van der Waals surface area (Å²) >= 11 is 0. The quantitative estimate of drug-likeness (QED) is 0.822. The Balaban J connectivity index is 2.58. The molecule has 0 aliphatic heterocycles. The van der Waals surface area contributed by atoms with Crippen molar-refractivity contribution in [3.8, 4) is 6.07 Å². The molecular weight excluding hydrogens is 200 g/mol. The molecule has 0 spiro atoms. The molecule has 1 rings (SSSR count). The van der Waals surface area contributed by atoms with E-state index in [9.17, 15) is 0 Å². The van der Waals surface area contributed by atoms with Crippen molar-refractivity contribution in [1.29, 1.82) is 5.26 Å². The van der Waals surface area contributed by atoms with Gasteiger partial charge in [-0.25, -0.2) is 0 Å². The number of ether oxygens (including phenoxy) is 1. The van der Waals surface area contributed by atoms with Gasteiger partial charge in [0.15, 0.2) is 0 Å². The molecule has 1 aromatic carbocycles. The van der Waals surface area contributed by atoms with Crippen molar-refractivity contribution in [2.45, 2.75) is 26.6 Å². The molecule has 0 aliphatic rings. The Morgan fingerprint density at radius 2 is 2.25 bits per heavy atom. The summed E-state index contributed by atoms with van der Waals surface area (Å²) < 4.78 is 5.68. The number of hydrogen-bond acceptors (Lipinski definition) is 3. The fraction of sp³-hybridized carbons (Fsp3) is 0.462. The Morgan fingerprint density at radius 3 is 2.81 bits per heavy atom. The van der Waals surface area contributed by atoms with Crippen LogP contribution in [0.1, 0.15) is 23.6 Å². The summed E-state index contributed by atoms with van der Waals surface area (Å²) in [5.41, 5.74) is 2.95. The van der Waals surface area contributed by atoms with Gasteiger partial charge >= 0.3 is 0 Å². The normalized spacial score (nSPS) is 12.1. The molecule has 0 heterocycles. The van der Waals surface area contributed by atoms with E-state index in [4.69, 9.17) is 10.00 Å². The Bertz CT molecular complexity index is 382. The van der Waals surface area contributed by atoms with Gasteiger partial charge in [-0.15, -0.1) is 0 Å². The van der Waals surface area contributed by atoms with E-state index in [1.54, 1.807) is 0 Å². The van der Waals surface area contributed by atoms with Crippen molar-refractivity contribution in [2.24, 2.45) is 0 Å². The van der Waals surface area contributed by atoms with Crippen LogP contribution < -0.4 is 5.32 Å². The van der Waals surface area contributed by atoms with Crippen LogP contribution in [0.25, 0.3) is 0 Å². The van der Waals surface area contributed by atoms with Crippen molar-refractivity contribution in [1.82, 2.24) is 5.32 Å². The molecular formula is C13H18N2O. The molecule has 0 fully saturated rings. The highest BCUT2D eigenvalue weighted by Crippen LogP contribution is 2.12. The number of nitrogens with zero attached hydrogens (tertiary/aromatic N) is 1. The zero-order valence-corrected chi connectivity index (χ0v) is 10.1. The minimum Gasteiger partial charge on any atom is -0.373 e. The average molecular weight is 218 g/mol. The van der Waals surface area contributed by atoms with E-state index in [-0.39, 0.29) is 6.10 Å². The van der Waals surface area contributed by atoms with Crippen LogP contribution >= 0.6 is 0 Å². The van der Waals surface area contributed by atoms with Gasteiger partial charge in [-0.3, -0.25) is 0 Å². The van der Waals surface area contributed by atoms with Crippen molar-refractivity contribution in [3.63, 3.8) is 0 Å². The molecule has 0 amide bonds. The molecule has 86 valence electrons. The highest BCUT2D eigenvalue weighted by molar-refractivity contribution is 5.37. The van der Waals surface area contributed by atoms with Crippen molar-refractivity contribution >= 4 is 0 Å². The number of aryl methyl sites for hydroxylation is 1. The molecule has 1 atom stereocenters. The lowest BCUT2D eigenvalue weighted by atomic mass is 10.1. The predicted molar refractivity (Wildman–Crippen MR) is 64.1 cm³/mol. The number of nitrogens with one attached hydrogen (secondary N) is 1. The number of hydrogen-bond donors (Lipinski definition) is 1. The van der Waals surface area contributed by atoms with Gasteiger partial charge in [0.05, 0.1) is 24.3 Å². The van der Waals surface area contributed by atoms with E-state index in [1.807, 2.05) is 39.1 Å². The Kier molecular flexibility index (Phi) is 4.97. The van der Waals surface area contributed by atoms with E-state index < -0.39 is 0 Å². The van der Waals surface area contributed by atoms with Gasteiger partial charge in [0.2, 0.25) is 0 Å². The maximum atomic E-state index is 8.75. The minimum atomic E-state index is 0.194. The molecule has 0 bridgehead atoms. The molecule has 1 N–H and O–H groups in total.